The van der Waals surface area contributed by atoms with Gasteiger partial charge >= 0.3 is 5.97 Å². The standard InChI is InChI=1S/C12H24O3/c1-4-6-7-8-11(5-2)15-12(14)9-10(3)13/h10-11,13H,4-9H2,1-3H3. The molecule has 0 aliphatic rings. The zero-order valence-corrected chi connectivity index (χ0v) is 10.2. The maximum Gasteiger partial charge on any atom is 0.308 e. The van der Waals surface area contributed by atoms with Crippen molar-refractivity contribution in [3.05, 3.63) is 0 Å². The Morgan fingerprint density at radius 2 is 2.00 bits per heavy atom. The smallest absolute Gasteiger partial charge is 0.308 e. The van der Waals surface area contributed by atoms with E-state index in [0.717, 1.165) is 19.3 Å². The topological polar surface area (TPSA) is 46.5 Å². The normalized spacial score (nSPS) is 14.7. The maximum absolute atomic E-state index is 11.3. The number of rotatable bonds is 8. The summed E-state index contributed by atoms with van der Waals surface area (Å²) in [6, 6.07) is 0. The van der Waals surface area contributed by atoms with Crippen LogP contribution in [0.5, 0.6) is 0 Å². The summed E-state index contributed by atoms with van der Waals surface area (Å²) in [6.07, 6.45) is 4.79. The Labute approximate surface area is 92.8 Å². The number of aliphatic hydroxyl groups is 1. The summed E-state index contributed by atoms with van der Waals surface area (Å²) in [5, 5.41) is 9.02. The summed E-state index contributed by atoms with van der Waals surface area (Å²) in [5.74, 6) is -0.284. The summed E-state index contributed by atoms with van der Waals surface area (Å²) >= 11 is 0. The van der Waals surface area contributed by atoms with Gasteiger partial charge in [-0.2, -0.15) is 0 Å². The average Bonchev–Trinajstić information content (AvgIpc) is 2.15. The molecule has 0 saturated heterocycles. The number of hydrogen-bond donors (Lipinski definition) is 1. The van der Waals surface area contributed by atoms with Crippen molar-refractivity contribution in [3.8, 4) is 0 Å². The molecule has 0 aliphatic carbocycles. The average molecular weight is 216 g/mol. The van der Waals surface area contributed by atoms with E-state index >= 15 is 0 Å². The Morgan fingerprint density at radius 3 is 2.47 bits per heavy atom. The molecule has 0 aromatic heterocycles. The minimum atomic E-state index is -0.606. The van der Waals surface area contributed by atoms with Gasteiger partial charge in [0.05, 0.1) is 12.5 Å². The fraction of sp³-hybridized carbons (Fsp3) is 0.917. The van der Waals surface area contributed by atoms with Gasteiger partial charge in [0.1, 0.15) is 6.10 Å². The third-order valence-corrected chi connectivity index (χ3v) is 2.35. The predicted molar refractivity (Wildman–Crippen MR) is 60.6 cm³/mol. The molecule has 0 bridgehead atoms. The van der Waals surface area contributed by atoms with E-state index in [1.54, 1.807) is 6.92 Å². The molecule has 2 unspecified atom stereocenters. The van der Waals surface area contributed by atoms with E-state index in [4.69, 9.17) is 9.84 Å². The molecule has 90 valence electrons. The number of carbonyl (C=O) groups is 1. The Bertz CT molecular complexity index is 166. The van der Waals surface area contributed by atoms with E-state index in [-0.39, 0.29) is 18.5 Å². The van der Waals surface area contributed by atoms with Gasteiger partial charge in [-0.1, -0.05) is 26.7 Å². The molecule has 0 heterocycles. The van der Waals surface area contributed by atoms with Crippen LogP contribution < -0.4 is 0 Å². The number of esters is 1. The van der Waals surface area contributed by atoms with E-state index < -0.39 is 6.10 Å². The highest BCUT2D eigenvalue weighted by Crippen LogP contribution is 2.11. The van der Waals surface area contributed by atoms with Crippen molar-refractivity contribution in [2.24, 2.45) is 0 Å². The lowest BCUT2D eigenvalue weighted by Crippen LogP contribution is -2.20. The second-order valence-electron chi connectivity index (χ2n) is 4.07. The quantitative estimate of drug-likeness (QED) is 0.501. The third-order valence-electron chi connectivity index (χ3n) is 2.35. The molecule has 0 amide bonds. The second-order valence-corrected chi connectivity index (χ2v) is 4.07. The van der Waals surface area contributed by atoms with Gasteiger partial charge in [-0.05, 0) is 26.2 Å². The Morgan fingerprint density at radius 1 is 1.33 bits per heavy atom. The van der Waals surface area contributed by atoms with Gasteiger partial charge in [0.15, 0.2) is 0 Å². The van der Waals surface area contributed by atoms with Crippen LogP contribution in [0.4, 0.5) is 0 Å². The number of aliphatic hydroxyl groups excluding tert-OH is 1. The van der Waals surface area contributed by atoms with E-state index in [1.807, 2.05) is 6.92 Å². The van der Waals surface area contributed by atoms with Crippen LogP contribution in [0.2, 0.25) is 0 Å². The van der Waals surface area contributed by atoms with Gasteiger partial charge in [-0.15, -0.1) is 0 Å². The first-order valence-electron chi connectivity index (χ1n) is 5.97. The van der Waals surface area contributed by atoms with Crippen LogP contribution in [0.15, 0.2) is 0 Å². The van der Waals surface area contributed by atoms with E-state index in [1.165, 1.54) is 12.8 Å². The molecule has 15 heavy (non-hydrogen) atoms. The van der Waals surface area contributed by atoms with E-state index in [9.17, 15) is 4.79 Å². The maximum atomic E-state index is 11.3. The van der Waals surface area contributed by atoms with Gasteiger partial charge in [-0.25, -0.2) is 0 Å². The van der Waals surface area contributed by atoms with Crippen LogP contribution in [0.3, 0.4) is 0 Å². The number of hydrogen-bond acceptors (Lipinski definition) is 3. The third kappa shape index (κ3) is 8.43. The lowest BCUT2D eigenvalue weighted by molar-refractivity contribution is -0.151. The molecular formula is C12H24O3. The molecular weight excluding hydrogens is 192 g/mol. The summed E-state index contributed by atoms with van der Waals surface area (Å²) in [6.45, 7) is 5.77. The van der Waals surface area contributed by atoms with Gasteiger partial charge in [0.25, 0.3) is 0 Å². The fourth-order valence-corrected chi connectivity index (χ4v) is 1.44. The number of unbranched alkanes of at least 4 members (excludes halogenated alkanes) is 2. The molecule has 1 N–H and O–H groups in total. The van der Waals surface area contributed by atoms with E-state index in [2.05, 4.69) is 6.92 Å². The number of ether oxygens (including phenoxy) is 1. The summed E-state index contributed by atoms with van der Waals surface area (Å²) in [4.78, 5) is 11.3. The van der Waals surface area contributed by atoms with Crippen LogP contribution >= 0.6 is 0 Å². The first kappa shape index (κ1) is 14.4. The van der Waals surface area contributed by atoms with Crippen LogP contribution in [0, 0.1) is 0 Å². The van der Waals surface area contributed by atoms with Crippen molar-refractivity contribution in [2.45, 2.75) is 71.5 Å². The van der Waals surface area contributed by atoms with Gasteiger partial charge < -0.3 is 9.84 Å². The lowest BCUT2D eigenvalue weighted by atomic mass is 10.1. The van der Waals surface area contributed by atoms with Crippen molar-refractivity contribution in [2.75, 3.05) is 0 Å². The Hall–Kier alpha value is -0.570. The molecule has 2 atom stereocenters. The Balaban J connectivity index is 3.72. The van der Waals surface area contributed by atoms with Crippen LogP contribution in [-0.4, -0.2) is 23.3 Å². The second kappa shape index (κ2) is 8.72. The van der Waals surface area contributed by atoms with Gasteiger partial charge in [-0.3, -0.25) is 4.79 Å². The molecule has 3 nitrogen and oxygen atoms in total. The molecule has 0 radical (unpaired) electrons. The highest BCUT2D eigenvalue weighted by molar-refractivity contribution is 5.70. The zero-order chi connectivity index (χ0) is 11.7. The molecule has 0 saturated carbocycles. The molecule has 0 spiro atoms. The van der Waals surface area contributed by atoms with E-state index in [0.29, 0.717) is 0 Å². The molecule has 0 aromatic carbocycles. The molecule has 0 fully saturated rings. The van der Waals surface area contributed by atoms with Crippen LogP contribution in [0.25, 0.3) is 0 Å². The lowest BCUT2D eigenvalue weighted by Gasteiger charge is -2.16. The van der Waals surface area contributed by atoms with Gasteiger partial charge in [0.2, 0.25) is 0 Å². The monoisotopic (exact) mass is 216 g/mol. The zero-order valence-electron chi connectivity index (χ0n) is 10.2. The minimum Gasteiger partial charge on any atom is -0.462 e. The van der Waals surface area contributed by atoms with Gasteiger partial charge in [0, 0.05) is 0 Å². The molecule has 0 aromatic rings. The summed E-state index contributed by atoms with van der Waals surface area (Å²) in [5.41, 5.74) is 0. The highest BCUT2D eigenvalue weighted by Gasteiger charge is 2.13. The van der Waals surface area contributed by atoms with Crippen molar-refractivity contribution in [1.29, 1.82) is 0 Å². The van der Waals surface area contributed by atoms with Crippen LogP contribution in [-0.2, 0) is 9.53 Å². The summed E-state index contributed by atoms with van der Waals surface area (Å²) < 4.78 is 5.26. The number of carbonyl (C=O) groups excluding carboxylic acids is 1. The van der Waals surface area contributed by atoms with Crippen molar-refractivity contribution >= 4 is 5.97 Å². The van der Waals surface area contributed by atoms with Crippen molar-refractivity contribution < 1.29 is 14.6 Å². The Kier molecular flexibility index (Phi) is 8.38. The fourth-order valence-electron chi connectivity index (χ4n) is 1.44. The largest absolute Gasteiger partial charge is 0.462 e. The molecule has 3 heteroatoms. The highest BCUT2D eigenvalue weighted by atomic mass is 16.5. The van der Waals surface area contributed by atoms with Crippen molar-refractivity contribution in [1.82, 2.24) is 0 Å². The molecule has 0 rings (SSSR count). The predicted octanol–water partition coefficient (Wildman–Crippen LogP) is 2.66. The molecule has 0 aliphatic heterocycles. The van der Waals surface area contributed by atoms with Crippen LogP contribution in [0.1, 0.15) is 59.3 Å². The minimum absolute atomic E-state index is 0.0304. The SMILES string of the molecule is CCCCCC(CC)OC(=O)CC(C)O. The first-order chi connectivity index (χ1) is 7.10. The van der Waals surface area contributed by atoms with Crippen molar-refractivity contribution in [3.63, 3.8) is 0 Å². The first-order valence-corrected chi connectivity index (χ1v) is 5.97. The summed E-state index contributed by atoms with van der Waals surface area (Å²) in [7, 11) is 0.